The lowest BCUT2D eigenvalue weighted by molar-refractivity contribution is -0.889. The summed E-state index contributed by atoms with van der Waals surface area (Å²) in [4.78, 5) is 13.4. The number of quaternary nitrogens is 1. The fourth-order valence-corrected chi connectivity index (χ4v) is 2.44. The summed E-state index contributed by atoms with van der Waals surface area (Å²) in [6.45, 7) is 6.77. The van der Waals surface area contributed by atoms with Gasteiger partial charge in [0.15, 0.2) is 6.54 Å². The number of benzene rings is 2. The van der Waals surface area contributed by atoms with Crippen molar-refractivity contribution in [3.05, 3.63) is 54.1 Å². The molecular weight excluding hydrogens is 316 g/mol. The third-order valence-electron chi connectivity index (χ3n) is 4.03. The summed E-state index contributed by atoms with van der Waals surface area (Å²) >= 11 is 0. The van der Waals surface area contributed by atoms with Crippen LogP contribution in [0.25, 0.3) is 0 Å². The van der Waals surface area contributed by atoms with Crippen LogP contribution in [0.4, 0.5) is 5.69 Å². The van der Waals surface area contributed by atoms with Crippen LogP contribution in [0.5, 0.6) is 11.5 Å². The SMILES string of the molecule is CC[NH+](CCOc1ccc(C)cc1)CC(=O)Nc1ccc(OC)cc1. The molecule has 25 heavy (non-hydrogen) atoms. The van der Waals surface area contributed by atoms with E-state index < -0.39 is 0 Å². The molecule has 1 atom stereocenters. The van der Waals surface area contributed by atoms with E-state index in [2.05, 4.69) is 12.2 Å². The van der Waals surface area contributed by atoms with Crippen molar-refractivity contribution in [2.75, 3.05) is 38.7 Å². The predicted molar refractivity (Wildman–Crippen MR) is 99.5 cm³/mol. The van der Waals surface area contributed by atoms with Crippen LogP contribution < -0.4 is 19.7 Å². The van der Waals surface area contributed by atoms with E-state index in [4.69, 9.17) is 9.47 Å². The highest BCUT2D eigenvalue weighted by Crippen LogP contribution is 2.14. The molecule has 134 valence electrons. The highest BCUT2D eigenvalue weighted by Gasteiger charge is 2.13. The summed E-state index contributed by atoms with van der Waals surface area (Å²) in [5.74, 6) is 1.63. The van der Waals surface area contributed by atoms with Crippen LogP contribution >= 0.6 is 0 Å². The molecule has 0 saturated carbocycles. The fourth-order valence-electron chi connectivity index (χ4n) is 2.44. The molecule has 0 saturated heterocycles. The van der Waals surface area contributed by atoms with Crippen molar-refractivity contribution in [2.24, 2.45) is 0 Å². The minimum Gasteiger partial charge on any atom is -0.497 e. The lowest BCUT2D eigenvalue weighted by atomic mass is 10.2. The number of rotatable bonds is 9. The van der Waals surface area contributed by atoms with Gasteiger partial charge in [-0.05, 0) is 50.2 Å². The second kappa shape index (κ2) is 9.69. The minimum absolute atomic E-state index is 0.00245. The van der Waals surface area contributed by atoms with Gasteiger partial charge in [-0.1, -0.05) is 17.7 Å². The van der Waals surface area contributed by atoms with Gasteiger partial charge >= 0.3 is 0 Å². The number of aryl methyl sites for hydroxylation is 1. The Morgan fingerprint density at radius 1 is 1.04 bits per heavy atom. The van der Waals surface area contributed by atoms with E-state index in [0.29, 0.717) is 13.2 Å². The standard InChI is InChI=1S/C20H26N2O3/c1-4-22(13-14-25-19-9-5-16(2)6-10-19)15-20(23)21-17-7-11-18(24-3)12-8-17/h5-12H,4,13-15H2,1-3H3,(H,21,23)/p+1. The average Bonchev–Trinajstić information content (AvgIpc) is 2.63. The zero-order valence-electron chi connectivity index (χ0n) is 15.2. The number of nitrogens with one attached hydrogen (secondary N) is 2. The molecule has 2 aromatic rings. The van der Waals surface area contributed by atoms with E-state index in [-0.39, 0.29) is 5.91 Å². The Hall–Kier alpha value is -2.53. The molecule has 0 aromatic heterocycles. The molecule has 1 amide bonds. The molecule has 5 heteroatoms. The maximum Gasteiger partial charge on any atom is 0.279 e. The average molecular weight is 343 g/mol. The highest BCUT2D eigenvalue weighted by molar-refractivity contribution is 5.91. The van der Waals surface area contributed by atoms with Gasteiger partial charge in [-0.3, -0.25) is 4.79 Å². The summed E-state index contributed by atoms with van der Waals surface area (Å²) < 4.78 is 10.9. The molecule has 2 rings (SSSR count). The van der Waals surface area contributed by atoms with Gasteiger partial charge in [0.25, 0.3) is 5.91 Å². The molecule has 2 aromatic carbocycles. The molecule has 0 fully saturated rings. The van der Waals surface area contributed by atoms with E-state index in [1.807, 2.05) is 55.5 Å². The number of methoxy groups -OCH3 is 1. The van der Waals surface area contributed by atoms with Crippen molar-refractivity contribution >= 4 is 11.6 Å². The van der Waals surface area contributed by atoms with Crippen LogP contribution in [-0.4, -0.2) is 39.3 Å². The number of hydrogen-bond acceptors (Lipinski definition) is 3. The van der Waals surface area contributed by atoms with Crippen LogP contribution in [0.2, 0.25) is 0 Å². The van der Waals surface area contributed by atoms with Gasteiger partial charge in [0, 0.05) is 5.69 Å². The predicted octanol–water partition coefficient (Wildman–Crippen LogP) is 1.93. The van der Waals surface area contributed by atoms with Gasteiger partial charge in [-0.15, -0.1) is 0 Å². The maximum absolute atomic E-state index is 12.2. The molecule has 5 nitrogen and oxygen atoms in total. The first-order chi connectivity index (χ1) is 12.1. The van der Waals surface area contributed by atoms with Gasteiger partial charge in [-0.25, -0.2) is 0 Å². The van der Waals surface area contributed by atoms with Crippen molar-refractivity contribution in [1.82, 2.24) is 0 Å². The quantitative estimate of drug-likeness (QED) is 0.731. The topological polar surface area (TPSA) is 52.0 Å². The third-order valence-corrected chi connectivity index (χ3v) is 4.03. The molecule has 0 bridgehead atoms. The highest BCUT2D eigenvalue weighted by atomic mass is 16.5. The number of ether oxygens (including phenoxy) is 2. The molecule has 0 aliphatic rings. The number of carbonyl (C=O) groups excluding carboxylic acids is 1. The van der Waals surface area contributed by atoms with Crippen molar-refractivity contribution in [1.29, 1.82) is 0 Å². The molecule has 0 spiro atoms. The third kappa shape index (κ3) is 6.47. The summed E-state index contributed by atoms with van der Waals surface area (Å²) in [6.07, 6.45) is 0. The molecule has 0 heterocycles. The largest absolute Gasteiger partial charge is 0.497 e. The number of likely N-dealkylation sites (N-methyl/N-ethyl adjacent to an activating group) is 1. The van der Waals surface area contributed by atoms with Gasteiger partial charge in [0.1, 0.15) is 24.7 Å². The molecule has 0 aliphatic heterocycles. The Morgan fingerprint density at radius 2 is 1.68 bits per heavy atom. The lowest BCUT2D eigenvalue weighted by Gasteiger charge is -2.17. The first kappa shape index (κ1) is 18.8. The zero-order chi connectivity index (χ0) is 18.1. The summed E-state index contributed by atoms with van der Waals surface area (Å²) in [5, 5.41) is 2.92. The number of anilines is 1. The maximum atomic E-state index is 12.2. The Morgan fingerprint density at radius 3 is 2.28 bits per heavy atom. The van der Waals surface area contributed by atoms with Gasteiger partial charge in [-0.2, -0.15) is 0 Å². The smallest absolute Gasteiger partial charge is 0.279 e. The zero-order valence-corrected chi connectivity index (χ0v) is 15.2. The van der Waals surface area contributed by atoms with Crippen LogP contribution in [0.3, 0.4) is 0 Å². The number of hydrogen-bond donors (Lipinski definition) is 2. The number of amides is 1. The van der Waals surface area contributed by atoms with Gasteiger partial charge in [0.2, 0.25) is 0 Å². The van der Waals surface area contributed by atoms with Crippen LogP contribution in [0.1, 0.15) is 12.5 Å². The molecule has 1 unspecified atom stereocenters. The van der Waals surface area contributed by atoms with E-state index in [1.165, 1.54) is 10.5 Å². The van der Waals surface area contributed by atoms with E-state index in [1.54, 1.807) is 7.11 Å². The number of carbonyl (C=O) groups is 1. The first-order valence-electron chi connectivity index (χ1n) is 8.57. The van der Waals surface area contributed by atoms with E-state index in [9.17, 15) is 4.79 Å². The monoisotopic (exact) mass is 343 g/mol. The van der Waals surface area contributed by atoms with Crippen LogP contribution in [0.15, 0.2) is 48.5 Å². The lowest BCUT2D eigenvalue weighted by Crippen LogP contribution is -3.13. The molecule has 0 radical (unpaired) electrons. The second-order valence-electron chi connectivity index (χ2n) is 5.97. The Bertz CT molecular complexity index is 654. The minimum atomic E-state index is -0.00245. The molecule has 2 N–H and O–H groups in total. The molecular formula is C20H27N2O3+. The summed E-state index contributed by atoms with van der Waals surface area (Å²) in [5.41, 5.74) is 1.99. The fraction of sp³-hybridized carbons (Fsp3) is 0.350. The Labute approximate surface area is 149 Å². The second-order valence-corrected chi connectivity index (χ2v) is 5.97. The van der Waals surface area contributed by atoms with E-state index in [0.717, 1.165) is 30.3 Å². The van der Waals surface area contributed by atoms with Gasteiger partial charge < -0.3 is 19.7 Å². The summed E-state index contributed by atoms with van der Waals surface area (Å²) in [7, 11) is 1.62. The van der Waals surface area contributed by atoms with Crippen molar-refractivity contribution in [2.45, 2.75) is 13.8 Å². The first-order valence-corrected chi connectivity index (χ1v) is 8.57. The Balaban J connectivity index is 1.75. The van der Waals surface area contributed by atoms with Crippen molar-refractivity contribution < 1.29 is 19.2 Å². The summed E-state index contributed by atoms with van der Waals surface area (Å²) in [6, 6.07) is 15.3. The van der Waals surface area contributed by atoms with Crippen LogP contribution in [-0.2, 0) is 4.79 Å². The van der Waals surface area contributed by atoms with Crippen LogP contribution in [0, 0.1) is 6.92 Å². The van der Waals surface area contributed by atoms with Gasteiger partial charge in [0.05, 0.1) is 13.7 Å². The normalized spacial score (nSPS) is 11.6. The van der Waals surface area contributed by atoms with E-state index >= 15 is 0 Å². The van der Waals surface area contributed by atoms with Crippen molar-refractivity contribution in [3.8, 4) is 11.5 Å². The Kier molecular flexibility index (Phi) is 7.29. The molecule has 0 aliphatic carbocycles. The van der Waals surface area contributed by atoms with Crippen molar-refractivity contribution in [3.63, 3.8) is 0 Å².